The number of methoxy groups -OCH3 is 1. The Labute approximate surface area is 122 Å². The fraction of sp³-hybridized carbons (Fsp3) is 0.429. The van der Waals surface area contributed by atoms with Crippen molar-refractivity contribution < 1.29 is 14.3 Å². The van der Waals surface area contributed by atoms with Gasteiger partial charge < -0.3 is 10.1 Å². The Kier molecular flexibility index (Phi) is 4.84. The molecule has 1 aliphatic heterocycles. The highest BCUT2D eigenvalue weighted by Gasteiger charge is 2.34. The predicted molar refractivity (Wildman–Crippen MR) is 75.4 cm³/mol. The largest absolute Gasteiger partial charge is 0.453 e. The van der Waals surface area contributed by atoms with Crippen LogP contribution in [0.1, 0.15) is 18.4 Å². The molecule has 0 spiro atoms. The number of likely N-dealkylation sites (tertiary alicyclic amines) is 1. The van der Waals surface area contributed by atoms with E-state index in [0.29, 0.717) is 24.5 Å². The fourth-order valence-electron chi connectivity index (χ4n) is 2.32. The summed E-state index contributed by atoms with van der Waals surface area (Å²) in [6.45, 7) is 0.904. The summed E-state index contributed by atoms with van der Waals surface area (Å²) < 4.78 is 4.68. The van der Waals surface area contributed by atoms with E-state index in [0.717, 1.165) is 12.0 Å². The van der Waals surface area contributed by atoms with E-state index in [1.54, 1.807) is 6.07 Å². The zero-order valence-electron chi connectivity index (χ0n) is 11.3. The topological polar surface area (TPSA) is 58.6 Å². The van der Waals surface area contributed by atoms with Gasteiger partial charge in [-0.3, -0.25) is 9.69 Å². The molecule has 1 saturated heterocycles. The molecule has 1 aromatic rings. The van der Waals surface area contributed by atoms with E-state index in [4.69, 9.17) is 11.6 Å². The van der Waals surface area contributed by atoms with Gasteiger partial charge in [-0.25, -0.2) is 4.79 Å². The van der Waals surface area contributed by atoms with Gasteiger partial charge in [0, 0.05) is 18.1 Å². The van der Waals surface area contributed by atoms with E-state index in [-0.39, 0.29) is 5.91 Å². The lowest BCUT2D eigenvalue weighted by molar-refractivity contribution is -0.125. The first-order valence-electron chi connectivity index (χ1n) is 6.49. The molecule has 5 nitrogen and oxygen atoms in total. The molecule has 0 bridgehead atoms. The van der Waals surface area contributed by atoms with Gasteiger partial charge in [0.15, 0.2) is 0 Å². The molecule has 0 saturated carbocycles. The maximum Gasteiger partial charge on any atom is 0.410 e. The number of hydrogen-bond acceptors (Lipinski definition) is 3. The zero-order valence-corrected chi connectivity index (χ0v) is 12.0. The van der Waals surface area contributed by atoms with Crippen molar-refractivity contribution in [2.75, 3.05) is 13.7 Å². The summed E-state index contributed by atoms with van der Waals surface area (Å²) in [5.74, 6) is -0.173. The first-order chi connectivity index (χ1) is 9.63. The van der Waals surface area contributed by atoms with Crippen LogP contribution in [0.15, 0.2) is 24.3 Å². The van der Waals surface area contributed by atoms with Crippen molar-refractivity contribution in [3.63, 3.8) is 0 Å². The number of ether oxygens (including phenoxy) is 1. The number of nitrogens with one attached hydrogen (secondary N) is 1. The number of nitrogens with zero attached hydrogens (tertiary/aromatic N) is 1. The van der Waals surface area contributed by atoms with Crippen molar-refractivity contribution in [1.29, 1.82) is 0 Å². The van der Waals surface area contributed by atoms with Crippen LogP contribution in [-0.4, -0.2) is 36.6 Å². The lowest BCUT2D eigenvalue weighted by Gasteiger charge is -2.22. The second-order valence-electron chi connectivity index (χ2n) is 4.63. The summed E-state index contributed by atoms with van der Waals surface area (Å²) in [6, 6.07) is 6.88. The molecular formula is C14H17ClN2O3. The average molecular weight is 297 g/mol. The van der Waals surface area contributed by atoms with Crippen molar-refractivity contribution in [1.82, 2.24) is 10.2 Å². The molecule has 1 atom stereocenters. The van der Waals surface area contributed by atoms with E-state index in [1.165, 1.54) is 12.0 Å². The minimum atomic E-state index is -0.458. The number of carbonyl (C=O) groups is 2. The molecule has 0 radical (unpaired) electrons. The Balaban J connectivity index is 1.95. The van der Waals surface area contributed by atoms with Gasteiger partial charge in [0.25, 0.3) is 0 Å². The van der Waals surface area contributed by atoms with Gasteiger partial charge in [0.1, 0.15) is 6.04 Å². The van der Waals surface area contributed by atoms with E-state index in [9.17, 15) is 9.59 Å². The molecule has 20 heavy (non-hydrogen) atoms. The summed E-state index contributed by atoms with van der Waals surface area (Å²) in [6.07, 6.45) is 1.00. The van der Waals surface area contributed by atoms with Crippen LogP contribution in [0.4, 0.5) is 4.79 Å². The van der Waals surface area contributed by atoms with Gasteiger partial charge in [-0.2, -0.15) is 0 Å². The maximum absolute atomic E-state index is 12.2. The third-order valence-corrected chi connectivity index (χ3v) is 3.74. The summed E-state index contributed by atoms with van der Waals surface area (Å²) in [5, 5.41) is 3.43. The number of halogens is 1. The second-order valence-corrected chi connectivity index (χ2v) is 5.04. The highest BCUT2D eigenvalue weighted by atomic mass is 35.5. The van der Waals surface area contributed by atoms with E-state index in [1.807, 2.05) is 18.2 Å². The molecule has 0 aromatic heterocycles. The summed E-state index contributed by atoms with van der Waals surface area (Å²) in [7, 11) is 1.32. The van der Waals surface area contributed by atoms with Gasteiger partial charge in [-0.15, -0.1) is 0 Å². The lowest BCUT2D eigenvalue weighted by Crippen LogP contribution is -2.45. The maximum atomic E-state index is 12.2. The van der Waals surface area contributed by atoms with Crippen LogP contribution >= 0.6 is 11.6 Å². The monoisotopic (exact) mass is 296 g/mol. The van der Waals surface area contributed by atoms with Crippen LogP contribution in [0, 0.1) is 0 Å². The third kappa shape index (κ3) is 3.22. The van der Waals surface area contributed by atoms with Gasteiger partial charge in [0.05, 0.1) is 7.11 Å². The van der Waals surface area contributed by atoms with Crippen LogP contribution in [0.25, 0.3) is 0 Å². The molecule has 1 unspecified atom stereocenters. The minimum Gasteiger partial charge on any atom is -0.453 e. The Bertz CT molecular complexity index is 507. The number of rotatable bonds is 3. The normalized spacial score (nSPS) is 17.9. The second kappa shape index (κ2) is 6.61. The number of carbonyl (C=O) groups excluding carboxylic acids is 2. The molecule has 2 rings (SSSR count). The van der Waals surface area contributed by atoms with Crippen LogP contribution in [-0.2, 0) is 16.1 Å². The van der Waals surface area contributed by atoms with Crippen molar-refractivity contribution in [3.8, 4) is 0 Å². The number of benzene rings is 1. The summed E-state index contributed by atoms with van der Waals surface area (Å²) in [4.78, 5) is 25.2. The molecule has 1 N–H and O–H groups in total. The fourth-order valence-corrected chi connectivity index (χ4v) is 2.52. The van der Waals surface area contributed by atoms with E-state index >= 15 is 0 Å². The van der Waals surface area contributed by atoms with Crippen molar-refractivity contribution in [3.05, 3.63) is 34.9 Å². The standard InChI is InChI=1S/C14H17ClN2O3/c1-20-14(19)17-8-4-7-12(17)13(18)16-9-10-5-2-3-6-11(10)15/h2-3,5-6,12H,4,7-9H2,1H3,(H,16,18). The van der Waals surface area contributed by atoms with Crippen LogP contribution in [0.3, 0.4) is 0 Å². The van der Waals surface area contributed by atoms with Crippen LogP contribution in [0.2, 0.25) is 5.02 Å². The van der Waals surface area contributed by atoms with Crippen molar-refractivity contribution in [2.24, 2.45) is 0 Å². The molecule has 6 heteroatoms. The molecule has 1 aliphatic rings. The SMILES string of the molecule is COC(=O)N1CCCC1C(=O)NCc1ccccc1Cl. The lowest BCUT2D eigenvalue weighted by atomic mass is 10.2. The van der Waals surface area contributed by atoms with Gasteiger partial charge >= 0.3 is 6.09 Å². The third-order valence-electron chi connectivity index (χ3n) is 3.38. The molecule has 1 heterocycles. The first-order valence-corrected chi connectivity index (χ1v) is 6.87. The van der Waals surface area contributed by atoms with Gasteiger partial charge in [-0.1, -0.05) is 29.8 Å². The van der Waals surface area contributed by atoms with Crippen LogP contribution < -0.4 is 5.32 Å². The Morgan fingerprint density at radius 3 is 2.90 bits per heavy atom. The van der Waals surface area contributed by atoms with E-state index < -0.39 is 12.1 Å². The van der Waals surface area contributed by atoms with Crippen molar-refractivity contribution >= 4 is 23.6 Å². The quantitative estimate of drug-likeness (QED) is 0.930. The zero-order chi connectivity index (χ0) is 14.5. The molecule has 0 aliphatic carbocycles. The summed E-state index contributed by atoms with van der Waals surface area (Å²) >= 11 is 6.03. The highest BCUT2D eigenvalue weighted by molar-refractivity contribution is 6.31. The van der Waals surface area contributed by atoms with Crippen LogP contribution in [0.5, 0.6) is 0 Å². The minimum absolute atomic E-state index is 0.173. The Morgan fingerprint density at radius 1 is 1.45 bits per heavy atom. The highest BCUT2D eigenvalue weighted by Crippen LogP contribution is 2.19. The smallest absolute Gasteiger partial charge is 0.410 e. The predicted octanol–water partition coefficient (Wildman–Crippen LogP) is 2.19. The Hall–Kier alpha value is -1.75. The Morgan fingerprint density at radius 2 is 2.20 bits per heavy atom. The molecule has 2 amide bonds. The molecular weight excluding hydrogens is 280 g/mol. The average Bonchev–Trinajstić information content (AvgIpc) is 2.94. The first kappa shape index (κ1) is 14.7. The number of hydrogen-bond donors (Lipinski definition) is 1. The van der Waals surface area contributed by atoms with Crippen molar-refractivity contribution in [2.45, 2.75) is 25.4 Å². The molecule has 1 fully saturated rings. The molecule has 108 valence electrons. The van der Waals surface area contributed by atoms with E-state index in [2.05, 4.69) is 10.1 Å². The van der Waals surface area contributed by atoms with Gasteiger partial charge in [-0.05, 0) is 24.5 Å². The molecule has 1 aromatic carbocycles. The summed E-state index contributed by atoms with van der Waals surface area (Å²) in [5.41, 5.74) is 0.852. The number of amides is 2. The van der Waals surface area contributed by atoms with Gasteiger partial charge in [0.2, 0.25) is 5.91 Å².